The Labute approximate surface area is 138 Å². The van der Waals surface area contributed by atoms with Crippen LogP contribution in [0, 0.1) is 6.92 Å². The first-order valence-corrected chi connectivity index (χ1v) is 7.74. The molecule has 1 fully saturated rings. The lowest BCUT2D eigenvalue weighted by atomic mass is 10.1. The van der Waals surface area contributed by atoms with Gasteiger partial charge in [-0.15, -0.1) is 0 Å². The second-order valence-electron chi connectivity index (χ2n) is 5.78. The molecule has 2 amide bonds. The van der Waals surface area contributed by atoms with E-state index in [0.29, 0.717) is 31.9 Å². The van der Waals surface area contributed by atoms with Crippen LogP contribution in [0.3, 0.4) is 0 Å². The van der Waals surface area contributed by atoms with E-state index in [4.69, 9.17) is 0 Å². The minimum absolute atomic E-state index is 0.213. The lowest BCUT2D eigenvalue weighted by molar-refractivity contribution is -0.119. The van der Waals surface area contributed by atoms with E-state index in [0.717, 1.165) is 17.5 Å². The Hall–Kier alpha value is -2.96. The first-order chi connectivity index (χ1) is 11.6. The van der Waals surface area contributed by atoms with E-state index in [9.17, 15) is 14.4 Å². The molecule has 0 radical (unpaired) electrons. The van der Waals surface area contributed by atoms with E-state index in [2.05, 4.69) is 9.97 Å². The van der Waals surface area contributed by atoms with Gasteiger partial charge in [0, 0.05) is 31.7 Å². The van der Waals surface area contributed by atoms with Crippen molar-refractivity contribution in [1.82, 2.24) is 19.8 Å². The van der Waals surface area contributed by atoms with Crippen molar-refractivity contribution >= 4 is 12.3 Å². The number of nitrogens with zero attached hydrogens (tertiary/aromatic N) is 3. The second-order valence-corrected chi connectivity index (χ2v) is 5.78. The lowest BCUT2D eigenvalue weighted by Gasteiger charge is -2.32. The molecule has 124 valence electrons. The molecule has 1 aromatic carbocycles. The van der Waals surface area contributed by atoms with E-state index in [1.165, 1.54) is 0 Å². The molecule has 1 saturated heterocycles. The molecule has 0 spiro atoms. The summed E-state index contributed by atoms with van der Waals surface area (Å²) in [7, 11) is 0. The third-order valence-electron chi connectivity index (χ3n) is 4.07. The van der Waals surface area contributed by atoms with Crippen molar-refractivity contribution in [3.05, 3.63) is 52.1 Å². The molecule has 0 unspecified atom stereocenters. The van der Waals surface area contributed by atoms with E-state index in [-0.39, 0.29) is 11.6 Å². The summed E-state index contributed by atoms with van der Waals surface area (Å²) < 4.78 is 0. The molecule has 1 aliphatic heterocycles. The molecule has 0 bridgehead atoms. The highest BCUT2D eigenvalue weighted by molar-refractivity contribution is 5.93. The highest BCUT2D eigenvalue weighted by Crippen LogP contribution is 2.17. The Morgan fingerprint density at radius 3 is 2.46 bits per heavy atom. The molecule has 1 aliphatic rings. The fraction of sp³-hybridized carbons (Fsp3) is 0.294. The number of carbonyl (C=O) groups excluding carboxylic acids is 2. The minimum Gasteiger partial charge on any atom is -0.342 e. The van der Waals surface area contributed by atoms with Crippen molar-refractivity contribution < 1.29 is 9.59 Å². The molecule has 0 aliphatic carbocycles. The zero-order chi connectivity index (χ0) is 17.1. The van der Waals surface area contributed by atoms with Gasteiger partial charge >= 0.3 is 5.69 Å². The zero-order valence-electron chi connectivity index (χ0n) is 13.4. The highest BCUT2D eigenvalue weighted by atomic mass is 16.2. The van der Waals surface area contributed by atoms with E-state index in [1.54, 1.807) is 15.9 Å². The van der Waals surface area contributed by atoms with Crippen molar-refractivity contribution in [3.63, 3.8) is 0 Å². The van der Waals surface area contributed by atoms with Crippen LogP contribution in [-0.2, 0) is 4.79 Å². The Bertz CT molecular complexity index is 805. The molecule has 0 saturated carbocycles. The summed E-state index contributed by atoms with van der Waals surface area (Å²) in [5.74, 6) is -0.256. The van der Waals surface area contributed by atoms with Crippen molar-refractivity contribution in [1.29, 1.82) is 0 Å². The van der Waals surface area contributed by atoms with E-state index in [1.807, 2.05) is 31.2 Å². The zero-order valence-corrected chi connectivity index (χ0v) is 13.4. The van der Waals surface area contributed by atoms with Gasteiger partial charge in [-0.05, 0) is 13.0 Å². The van der Waals surface area contributed by atoms with Gasteiger partial charge in [-0.25, -0.2) is 4.79 Å². The summed E-state index contributed by atoms with van der Waals surface area (Å²) in [6, 6.07) is 9.19. The average molecular weight is 326 g/mol. The number of aromatic amines is 1. The van der Waals surface area contributed by atoms with Crippen LogP contribution in [0.4, 0.5) is 0 Å². The molecule has 1 aromatic heterocycles. The van der Waals surface area contributed by atoms with Crippen LogP contribution in [0.2, 0.25) is 0 Å². The molecule has 7 heteroatoms. The Kier molecular flexibility index (Phi) is 4.41. The highest BCUT2D eigenvalue weighted by Gasteiger charge is 2.22. The van der Waals surface area contributed by atoms with Gasteiger partial charge in [-0.1, -0.05) is 29.8 Å². The lowest BCUT2D eigenvalue weighted by Crippen LogP contribution is -2.48. The quantitative estimate of drug-likeness (QED) is 0.840. The number of amides is 2. The second kappa shape index (κ2) is 6.66. The van der Waals surface area contributed by atoms with Crippen molar-refractivity contribution in [2.75, 3.05) is 26.2 Å². The number of hydrogen-bond donors (Lipinski definition) is 1. The summed E-state index contributed by atoms with van der Waals surface area (Å²) in [5, 5.41) is 0. The molecular formula is C17H18N4O3. The SMILES string of the molecule is Cc1ccc(-c2cc(C(=O)N3CCN(C=O)CC3)[nH]c(=O)n2)cc1. The van der Waals surface area contributed by atoms with Crippen LogP contribution in [0.5, 0.6) is 0 Å². The maximum atomic E-state index is 12.6. The maximum Gasteiger partial charge on any atom is 0.346 e. The van der Waals surface area contributed by atoms with Gasteiger partial charge in [0.1, 0.15) is 5.69 Å². The van der Waals surface area contributed by atoms with Gasteiger partial charge in [0.25, 0.3) is 5.91 Å². The molecule has 7 nitrogen and oxygen atoms in total. The van der Waals surface area contributed by atoms with Crippen molar-refractivity contribution in [2.45, 2.75) is 6.92 Å². The molecule has 2 heterocycles. The van der Waals surface area contributed by atoms with Crippen LogP contribution in [0.15, 0.2) is 35.1 Å². The van der Waals surface area contributed by atoms with Crippen LogP contribution >= 0.6 is 0 Å². The van der Waals surface area contributed by atoms with Crippen molar-refractivity contribution in [3.8, 4) is 11.3 Å². The van der Waals surface area contributed by atoms with Crippen LogP contribution < -0.4 is 5.69 Å². The fourth-order valence-electron chi connectivity index (χ4n) is 2.65. The topological polar surface area (TPSA) is 86.4 Å². The predicted molar refractivity (Wildman–Crippen MR) is 88.6 cm³/mol. The number of aryl methyl sites for hydroxylation is 1. The third-order valence-corrected chi connectivity index (χ3v) is 4.07. The molecule has 1 N–H and O–H groups in total. The number of benzene rings is 1. The van der Waals surface area contributed by atoms with Gasteiger partial charge in [-0.2, -0.15) is 4.98 Å². The minimum atomic E-state index is -0.553. The summed E-state index contributed by atoms with van der Waals surface area (Å²) in [5.41, 5.74) is 2.01. The number of piperazine rings is 1. The third kappa shape index (κ3) is 3.34. The summed E-state index contributed by atoms with van der Waals surface area (Å²) in [6.45, 7) is 3.86. The molecule has 3 rings (SSSR count). The fourth-order valence-corrected chi connectivity index (χ4v) is 2.65. The average Bonchev–Trinajstić information content (AvgIpc) is 2.61. The summed E-state index contributed by atoms with van der Waals surface area (Å²) in [4.78, 5) is 44.9. The first-order valence-electron chi connectivity index (χ1n) is 7.74. The van der Waals surface area contributed by atoms with Crippen LogP contribution in [0.25, 0.3) is 11.3 Å². The standard InChI is InChI=1S/C17H18N4O3/c1-12-2-4-13(5-3-12)14-10-15(19-17(24)18-14)16(23)21-8-6-20(11-22)7-9-21/h2-5,10-11H,6-9H2,1H3,(H,18,19,24). The summed E-state index contributed by atoms with van der Waals surface area (Å²) >= 11 is 0. The number of rotatable bonds is 3. The van der Waals surface area contributed by atoms with Gasteiger partial charge in [0.2, 0.25) is 6.41 Å². The van der Waals surface area contributed by atoms with E-state index < -0.39 is 5.69 Å². The Balaban J connectivity index is 1.86. The smallest absolute Gasteiger partial charge is 0.342 e. The predicted octanol–water partition coefficient (Wildman–Crippen LogP) is 0.660. The van der Waals surface area contributed by atoms with Crippen LogP contribution in [-0.4, -0.2) is 58.3 Å². The number of nitrogens with one attached hydrogen (secondary N) is 1. The Morgan fingerprint density at radius 1 is 1.17 bits per heavy atom. The maximum absolute atomic E-state index is 12.6. The van der Waals surface area contributed by atoms with Gasteiger partial charge in [0.05, 0.1) is 5.69 Å². The molecular weight excluding hydrogens is 308 g/mol. The van der Waals surface area contributed by atoms with Gasteiger partial charge < -0.3 is 14.8 Å². The molecule has 0 atom stereocenters. The first kappa shape index (κ1) is 15.9. The van der Waals surface area contributed by atoms with Gasteiger partial charge in [0.15, 0.2) is 0 Å². The van der Waals surface area contributed by atoms with Crippen LogP contribution in [0.1, 0.15) is 16.1 Å². The number of carbonyl (C=O) groups is 2. The van der Waals surface area contributed by atoms with Crippen molar-refractivity contribution in [2.24, 2.45) is 0 Å². The number of H-pyrrole nitrogens is 1. The summed E-state index contributed by atoms with van der Waals surface area (Å²) in [6.07, 6.45) is 0.783. The van der Waals surface area contributed by atoms with E-state index >= 15 is 0 Å². The normalized spacial score (nSPS) is 14.5. The largest absolute Gasteiger partial charge is 0.346 e. The molecule has 24 heavy (non-hydrogen) atoms. The molecule has 2 aromatic rings. The Morgan fingerprint density at radius 2 is 1.83 bits per heavy atom. The van der Waals surface area contributed by atoms with Gasteiger partial charge in [-0.3, -0.25) is 9.59 Å². The number of aromatic nitrogens is 2. The monoisotopic (exact) mass is 326 g/mol. The number of hydrogen-bond acceptors (Lipinski definition) is 4.